The molecule has 0 amide bonds. The topological polar surface area (TPSA) is 62.2 Å². The lowest BCUT2D eigenvalue weighted by molar-refractivity contribution is -0.141. The van der Waals surface area contributed by atoms with Gasteiger partial charge in [0.1, 0.15) is 5.82 Å². The second kappa shape index (κ2) is 4.51. The van der Waals surface area contributed by atoms with Crippen LogP contribution in [0.2, 0.25) is 0 Å². The smallest absolute Gasteiger partial charge is 0.306 e. The zero-order valence-corrected chi connectivity index (χ0v) is 9.31. The number of nitrogens with zero attached hydrogens (tertiary/aromatic N) is 1. The summed E-state index contributed by atoms with van der Waals surface area (Å²) in [5, 5.41) is 12.2. The van der Waals surface area contributed by atoms with E-state index in [1.807, 2.05) is 25.3 Å². The van der Waals surface area contributed by atoms with Crippen molar-refractivity contribution in [2.24, 2.45) is 5.92 Å². The molecule has 2 atom stereocenters. The molecule has 0 aliphatic heterocycles. The summed E-state index contributed by atoms with van der Waals surface area (Å²) < 4.78 is 0. The maximum absolute atomic E-state index is 10.8. The molecule has 0 unspecified atom stereocenters. The summed E-state index contributed by atoms with van der Waals surface area (Å²) in [5.41, 5.74) is 1.13. The molecule has 1 saturated carbocycles. The van der Waals surface area contributed by atoms with Gasteiger partial charge in [-0.25, -0.2) is 4.98 Å². The molecule has 0 bridgehead atoms. The van der Waals surface area contributed by atoms with Crippen LogP contribution in [0.1, 0.15) is 24.8 Å². The molecule has 0 radical (unpaired) electrons. The van der Waals surface area contributed by atoms with Gasteiger partial charge in [-0.1, -0.05) is 6.07 Å². The predicted molar refractivity (Wildman–Crippen MR) is 61.4 cm³/mol. The molecule has 2 N–H and O–H groups in total. The van der Waals surface area contributed by atoms with Gasteiger partial charge < -0.3 is 10.4 Å². The van der Waals surface area contributed by atoms with Crippen LogP contribution in [0.4, 0.5) is 5.82 Å². The van der Waals surface area contributed by atoms with Gasteiger partial charge in [-0.3, -0.25) is 4.79 Å². The van der Waals surface area contributed by atoms with Crippen LogP contribution in [0.15, 0.2) is 18.3 Å². The number of aryl methyl sites for hydroxylation is 1. The number of aromatic nitrogens is 1. The molecule has 4 heteroatoms. The zero-order chi connectivity index (χ0) is 11.5. The Labute approximate surface area is 94.7 Å². The number of aliphatic carboxylic acids is 1. The second-order valence-electron chi connectivity index (χ2n) is 4.41. The van der Waals surface area contributed by atoms with Crippen molar-refractivity contribution in [3.8, 4) is 0 Å². The Morgan fingerprint density at radius 1 is 1.50 bits per heavy atom. The molecule has 0 saturated heterocycles. The number of carbonyl (C=O) groups is 1. The first-order chi connectivity index (χ1) is 7.65. The number of nitrogens with one attached hydrogen (secondary N) is 1. The Morgan fingerprint density at radius 2 is 2.31 bits per heavy atom. The first-order valence-corrected chi connectivity index (χ1v) is 5.57. The van der Waals surface area contributed by atoms with Gasteiger partial charge in [0.15, 0.2) is 0 Å². The molecule has 2 rings (SSSR count). The van der Waals surface area contributed by atoms with Crippen LogP contribution in [0.5, 0.6) is 0 Å². The van der Waals surface area contributed by atoms with Crippen molar-refractivity contribution in [3.05, 3.63) is 23.9 Å². The second-order valence-corrected chi connectivity index (χ2v) is 4.41. The van der Waals surface area contributed by atoms with E-state index < -0.39 is 5.97 Å². The summed E-state index contributed by atoms with van der Waals surface area (Å²) in [6, 6.07) is 4.18. The minimum atomic E-state index is -0.679. The third-order valence-corrected chi connectivity index (χ3v) is 3.05. The quantitative estimate of drug-likeness (QED) is 0.818. The van der Waals surface area contributed by atoms with Crippen LogP contribution in [0.3, 0.4) is 0 Å². The maximum Gasteiger partial charge on any atom is 0.306 e. The molecule has 1 aromatic rings. The number of rotatable bonds is 3. The number of hydrogen-bond acceptors (Lipinski definition) is 3. The fourth-order valence-corrected chi connectivity index (χ4v) is 2.10. The van der Waals surface area contributed by atoms with Gasteiger partial charge >= 0.3 is 5.97 Å². The van der Waals surface area contributed by atoms with Crippen molar-refractivity contribution < 1.29 is 9.90 Å². The average molecular weight is 220 g/mol. The van der Waals surface area contributed by atoms with Gasteiger partial charge in [0.25, 0.3) is 0 Å². The third kappa shape index (κ3) is 2.51. The minimum Gasteiger partial charge on any atom is -0.481 e. The van der Waals surface area contributed by atoms with E-state index in [1.165, 1.54) is 0 Å². The summed E-state index contributed by atoms with van der Waals surface area (Å²) in [6.45, 7) is 1.99. The Kier molecular flexibility index (Phi) is 3.08. The van der Waals surface area contributed by atoms with E-state index in [1.54, 1.807) is 0 Å². The van der Waals surface area contributed by atoms with Gasteiger partial charge in [0, 0.05) is 12.2 Å². The Hall–Kier alpha value is -1.58. The van der Waals surface area contributed by atoms with Crippen molar-refractivity contribution in [3.63, 3.8) is 0 Å². The molecule has 0 aromatic carbocycles. The lowest BCUT2D eigenvalue weighted by Crippen LogP contribution is -2.18. The summed E-state index contributed by atoms with van der Waals surface area (Å²) >= 11 is 0. The van der Waals surface area contributed by atoms with Gasteiger partial charge in [0.05, 0.1) is 5.92 Å². The Bertz CT molecular complexity index is 375. The molecule has 4 nitrogen and oxygen atoms in total. The fraction of sp³-hybridized carbons (Fsp3) is 0.500. The number of hydrogen-bond donors (Lipinski definition) is 2. The summed E-state index contributed by atoms with van der Waals surface area (Å²) in [7, 11) is 0. The standard InChI is InChI=1S/C12H16N2O2/c1-8-2-5-11(13-7-8)14-10-4-3-9(6-10)12(15)16/h2,5,7,9-10H,3-4,6H2,1H3,(H,13,14)(H,15,16)/t9-,10-/m0/s1. The highest BCUT2D eigenvalue weighted by Gasteiger charge is 2.29. The Morgan fingerprint density at radius 3 is 2.88 bits per heavy atom. The predicted octanol–water partition coefficient (Wildman–Crippen LogP) is 2.06. The van der Waals surface area contributed by atoms with E-state index >= 15 is 0 Å². The lowest BCUT2D eigenvalue weighted by Gasteiger charge is -2.12. The molecule has 1 aromatic heterocycles. The van der Waals surface area contributed by atoms with Crippen molar-refractivity contribution in [2.45, 2.75) is 32.2 Å². The molecule has 1 fully saturated rings. The van der Waals surface area contributed by atoms with Crippen LogP contribution >= 0.6 is 0 Å². The number of pyridine rings is 1. The van der Waals surface area contributed by atoms with Crippen molar-refractivity contribution >= 4 is 11.8 Å². The molecular formula is C12H16N2O2. The SMILES string of the molecule is Cc1ccc(N[C@H]2CC[C@H](C(=O)O)C2)nc1. The van der Waals surface area contributed by atoms with Crippen molar-refractivity contribution in [2.75, 3.05) is 5.32 Å². The van der Waals surface area contributed by atoms with E-state index in [-0.39, 0.29) is 12.0 Å². The molecule has 1 aliphatic carbocycles. The van der Waals surface area contributed by atoms with Gasteiger partial charge in [-0.15, -0.1) is 0 Å². The third-order valence-electron chi connectivity index (χ3n) is 3.05. The highest BCUT2D eigenvalue weighted by molar-refractivity contribution is 5.70. The maximum atomic E-state index is 10.8. The Balaban J connectivity index is 1.92. The fourth-order valence-electron chi connectivity index (χ4n) is 2.10. The van der Waals surface area contributed by atoms with Gasteiger partial charge in [-0.05, 0) is 37.8 Å². The van der Waals surface area contributed by atoms with Crippen molar-refractivity contribution in [1.82, 2.24) is 4.98 Å². The van der Waals surface area contributed by atoms with Crippen LogP contribution in [-0.4, -0.2) is 22.1 Å². The van der Waals surface area contributed by atoms with E-state index in [2.05, 4.69) is 10.3 Å². The van der Waals surface area contributed by atoms with Gasteiger partial charge in [-0.2, -0.15) is 0 Å². The van der Waals surface area contributed by atoms with Crippen LogP contribution in [-0.2, 0) is 4.79 Å². The minimum absolute atomic E-state index is 0.192. The summed E-state index contributed by atoms with van der Waals surface area (Å²) in [5.74, 6) is -0.0363. The van der Waals surface area contributed by atoms with Crippen LogP contribution in [0.25, 0.3) is 0 Å². The molecule has 86 valence electrons. The molecule has 16 heavy (non-hydrogen) atoms. The highest BCUT2D eigenvalue weighted by Crippen LogP contribution is 2.27. The van der Waals surface area contributed by atoms with Crippen LogP contribution in [0, 0.1) is 12.8 Å². The first kappa shape index (κ1) is 10.9. The first-order valence-electron chi connectivity index (χ1n) is 5.57. The van der Waals surface area contributed by atoms with E-state index in [0.29, 0.717) is 6.42 Å². The van der Waals surface area contributed by atoms with E-state index in [9.17, 15) is 4.79 Å². The number of carboxylic acid groups (broad SMARTS) is 1. The zero-order valence-electron chi connectivity index (χ0n) is 9.31. The average Bonchev–Trinajstić information content (AvgIpc) is 2.70. The number of carboxylic acids is 1. The lowest BCUT2D eigenvalue weighted by atomic mass is 10.1. The molecule has 0 spiro atoms. The summed E-state index contributed by atoms with van der Waals surface area (Å²) in [6.07, 6.45) is 4.18. The highest BCUT2D eigenvalue weighted by atomic mass is 16.4. The van der Waals surface area contributed by atoms with Crippen molar-refractivity contribution in [1.29, 1.82) is 0 Å². The number of anilines is 1. The molecular weight excluding hydrogens is 204 g/mol. The molecule has 1 aliphatic rings. The van der Waals surface area contributed by atoms with Gasteiger partial charge in [0.2, 0.25) is 0 Å². The largest absolute Gasteiger partial charge is 0.481 e. The normalized spacial score (nSPS) is 24.3. The molecule has 1 heterocycles. The summed E-state index contributed by atoms with van der Waals surface area (Å²) in [4.78, 5) is 15.1. The van der Waals surface area contributed by atoms with Crippen LogP contribution < -0.4 is 5.32 Å². The van der Waals surface area contributed by atoms with E-state index in [0.717, 1.165) is 24.2 Å². The monoisotopic (exact) mass is 220 g/mol. The van der Waals surface area contributed by atoms with E-state index in [4.69, 9.17) is 5.11 Å².